The fourth-order valence-electron chi connectivity index (χ4n) is 2.29. The van der Waals surface area contributed by atoms with Gasteiger partial charge in [0.25, 0.3) is 0 Å². The summed E-state index contributed by atoms with van der Waals surface area (Å²) < 4.78 is 0. The molecule has 0 aliphatic rings. The molecule has 2 N–H and O–H groups in total. The quantitative estimate of drug-likeness (QED) is 0.739. The molecule has 0 aliphatic heterocycles. The summed E-state index contributed by atoms with van der Waals surface area (Å²) in [5.74, 6) is 1.17. The minimum absolute atomic E-state index is 0.479. The Morgan fingerprint density at radius 2 is 1.71 bits per heavy atom. The van der Waals surface area contributed by atoms with Gasteiger partial charge in [-0.1, -0.05) is 35.9 Å². The molecule has 0 saturated carbocycles. The standard InChI is InChI=1S/C19H21N5/c1-13-4-7-16(8-5-13)11-20-18-12-21-24-19(23-18)22-17-9-6-14(2)15(3)10-17/h4-10,12H,11H2,1-3H3,(H2,20,22,23,24). The average molecular weight is 319 g/mol. The van der Waals surface area contributed by atoms with Gasteiger partial charge in [-0.3, -0.25) is 0 Å². The third kappa shape index (κ3) is 4.07. The molecule has 122 valence electrons. The van der Waals surface area contributed by atoms with Gasteiger partial charge in [0.2, 0.25) is 5.95 Å². The maximum absolute atomic E-state index is 4.46. The molecule has 2 aromatic carbocycles. The van der Waals surface area contributed by atoms with Crippen LogP contribution in [0.1, 0.15) is 22.3 Å². The van der Waals surface area contributed by atoms with Crippen molar-refractivity contribution in [1.29, 1.82) is 0 Å². The molecule has 5 heteroatoms. The van der Waals surface area contributed by atoms with Crippen LogP contribution in [0.15, 0.2) is 48.7 Å². The number of rotatable bonds is 5. The van der Waals surface area contributed by atoms with Crippen LogP contribution in [0, 0.1) is 20.8 Å². The summed E-state index contributed by atoms with van der Waals surface area (Å²) in [4.78, 5) is 4.46. The van der Waals surface area contributed by atoms with Crippen molar-refractivity contribution < 1.29 is 0 Å². The van der Waals surface area contributed by atoms with Crippen molar-refractivity contribution in [3.05, 3.63) is 70.9 Å². The van der Waals surface area contributed by atoms with E-state index in [1.165, 1.54) is 22.3 Å². The molecule has 0 radical (unpaired) electrons. The summed E-state index contributed by atoms with van der Waals surface area (Å²) in [5, 5.41) is 14.5. The number of hydrogen-bond donors (Lipinski definition) is 2. The van der Waals surface area contributed by atoms with Gasteiger partial charge in [-0.15, -0.1) is 5.10 Å². The van der Waals surface area contributed by atoms with Crippen molar-refractivity contribution >= 4 is 17.5 Å². The van der Waals surface area contributed by atoms with Crippen molar-refractivity contribution in [3.63, 3.8) is 0 Å². The third-order valence-corrected chi connectivity index (χ3v) is 3.92. The van der Waals surface area contributed by atoms with Crippen LogP contribution in [0.5, 0.6) is 0 Å². The molecule has 0 aliphatic carbocycles. The van der Waals surface area contributed by atoms with Gasteiger partial charge in [-0.25, -0.2) is 0 Å². The van der Waals surface area contributed by atoms with Crippen LogP contribution in [0.2, 0.25) is 0 Å². The predicted molar refractivity (Wildman–Crippen MR) is 97.5 cm³/mol. The largest absolute Gasteiger partial charge is 0.365 e. The first-order valence-electron chi connectivity index (χ1n) is 7.93. The molecule has 0 amide bonds. The van der Waals surface area contributed by atoms with E-state index in [0.29, 0.717) is 18.3 Å². The fraction of sp³-hybridized carbons (Fsp3) is 0.211. The zero-order valence-corrected chi connectivity index (χ0v) is 14.2. The molecule has 3 rings (SSSR count). The summed E-state index contributed by atoms with van der Waals surface area (Å²) in [6, 6.07) is 14.6. The van der Waals surface area contributed by atoms with Crippen molar-refractivity contribution in [2.24, 2.45) is 0 Å². The fourth-order valence-corrected chi connectivity index (χ4v) is 2.29. The SMILES string of the molecule is Cc1ccc(CNc2cnnc(Nc3ccc(C)c(C)c3)n2)cc1. The minimum atomic E-state index is 0.479. The number of nitrogens with zero attached hydrogens (tertiary/aromatic N) is 3. The summed E-state index contributed by atoms with van der Waals surface area (Å²) in [5.41, 5.74) is 5.88. The first-order valence-corrected chi connectivity index (χ1v) is 7.93. The molecule has 0 bridgehead atoms. The smallest absolute Gasteiger partial charge is 0.249 e. The van der Waals surface area contributed by atoms with Gasteiger partial charge in [0.1, 0.15) is 0 Å². The van der Waals surface area contributed by atoms with Crippen LogP contribution in [0.4, 0.5) is 17.5 Å². The Morgan fingerprint density at radius 1 is 0.917 bits per heavy atom. The van der Waals surface area contributed by atoms with Crippen LogP contribution >= 0.6 is 0 Å². The Kier molecular flexibility index (Phi) is 4.70. The monoisotopic (exact) mass is 319 g/mol. The average Bonchev–Trinajstić information content (AvgIpc) is 2.58. The van der Waals surface area contributed by atoms with E-state index >= 15 is 0 Å². The molecule has 0 fully saturated rings. The van der Waals surface area contributed by atoms with Crippen LogP contribution in [0.25, 0.3) is 0 Å². The summed E-state index contributed by atoms with van der Waals surface area (Å²) in [6.45, 7) is 6.95. The zero-order chi connectivity index (χ0) is 16.9. The number of aryl methyl sites for hydroxylation is 3. The maximum Gasteiger partial charge on any atom is 0.249 e. The Balaban J connectivity index is 1.67. The number of nitrogens with one attached hydrogen (secondary N) is 2. The topological polar surface area (TPSA) is 62.7 Å². The van der Waals surface area contributed by atoms with Crippen molar-refractivity contribution in [2.75, 3.05) is 10.6 Å². The summed E-state index contributed by atoms with van der Waals surface area (Å²) in [7, 11) is 0. The molecule has 1 aromatic heterocycles. The van der Waals surface area contributed by atoms with Gasteiger partial charge in [-0.2, -0.15) is 10.1 Å². The molecule has 0 spiro atoms. The highest BCUT2D eigenvalue weighted by Crippen LogP contribution is 2.17. The van der Waals surface area contributed by atoms with E-state index < -0.39 is 0 Å². The van der Waals surface area contributed by atoms with Gasteiger partial charge in [0.05, 0.1) is 6.20 Å². The van der Waals surface area contributed by atoms with E-state index in [1.807, 2.05) is 6.07 Å². The van der Waals surface area contributed by atoms with Gasteiger partial charge in [0.15, 0.2) is 5.82 Å². The molecular formula is C19H21N5. The first kappa shape index (κ1) is 15.9. The lowest BCUT2D eigenvalue weighted by molar-refractivity contribution is 0.965. The number of anilines is 3. The second kappa shape index (κ2) is 7.08. The Bertz CT molecular complexity index is 827. The van der Waals surface area contributed by atoms with E-state index in [0.717, 1.165) is 5.69 Å². The normalized spacial score (nSPS) is 10.5. The van der Waals surface area contributed by atoms with E-state index in [1.54, 1.807) is 6.20 Å². The summed E-state index contributed by atoms with van der Waals surface area (Å²) in [6.07, 6.45) is 1.62. The number of hydrogen-bond acceptors (Lipinski definition) is 5. The highest BCUT2D eigenvalue weighted by atomic mass is 15.3. The number of benzene rings is 2. The molecule has 0 unspecified atom stereocenters. The number of aromatic nitrogens is 3. The van der Waals surface area contributed by atoms with Crippen LogP contribution in [-0.4, -0.2) is 15.2 Å². The van der Waals surface area contributed by atoms with Crippen LogP contribution < -0.4 is 10.6 Å². The van der Waals surface area contributed by atoms with Crippen molar-refractivity contribution in [3.8, 4) is 0 Å². The third-order valence-electron chi connectivity index (χ3n) is 3.92. The van der Waals surface area contributed by atoms with Gasteiger partial charge >= 0.3 is 0 Å². The first-order chi connectivity index (χ1) is 11.6. The van der Waals surface area contributed by atoms with E-state index in [4.69, 9.17) is 0 Å². The minimum Gasteiger partial charge on any atom is -0.365 e. The molecule has 5 nitrogen and oxygen atoms in total. The lowest BCUT2D eigenvalue weighted by Gasteiger charge is -2.09. The molecule has 0 saturated heterocycles. The Labute approximate surface area is 142 Å². The van der Waals surface area contributed by atoms with Crippen LogP contribution in [0.3, 0.4) is 0 Å². The Hall–Kier alpha value is -2.95. The lowest BCUT2D eigenvalue weighted by Crippen LogP contribution is -2.05. The second-order valence-electron chi connectivity index (χ2n) is 5.93. The summed E-state index contributed by atoms with van der Waals surface area (Å²) >= 11 is 0. The zero-order valence-electron chi connectivity index (χ0n) is 14.2. The van der Waals surface area contributed by atoms with E-state index in [2.05, 4.69) is 83.0 Å². The Morgan fingerprint density at radius 3 is 2.46 bits per heavy atom. The van der Waals surface area contributed by atoms with Crippen molar-refractivity contribution in [2.45, 2.75) is 27.3 Å². The van der Waals surface area contributed by atoms with Crippen molar-refractivity contribution in [1.82, 2.24) is 15.2 Å². The predicted octanol–water partition coefficient (Wildman–Crippen LogP) is 4.15. The van der Waals surface area contributed by atoms with Gasteiger partial charge in [-0.05, 0) is 49.6 Å². The highest BCUT2D eigenvalue weighted by molar-refractivity contribution is 5.56. The molecule has 0 atom stereocenters. The van der Waals surface area contributed by atoms with Crippen LogP contribution in [-0.2, 0) is 6.54 Å². The van der Waals surface area contributed by atoms with Gasteiger partial charge < -0.3 is 10.6 Å². The molecule has 24 heavy (non-hydrogen) atoms. The van der Waals surface area contributed by atoms with E-state index in [-0.39, 0.29) is 0 Å². The molecule has 3 aromatic rings. The highest BCUT2D eigenvalue weighted by Gasteiger charge is 2.03. The maximum atomic E-state index is 4.46. The molecular weight excluding hydrogens is 298 g/mol. The lowest BCUT2D eigenvalue weighted by atomic mass is 10.1. The van der Waals surface area contributed by atoms with E-state index in [9.17, 15) is 0 Å². The molecule has 1 heterocycles. The second-order valence-corrected chi connectivity index (χ2v) is 5.93. The van der Waals surface area contributed by atoms with Gasteiger partial charge in [0, 0.05) is 12.2 Å².